The third-order valence-electron chi connectivity index (χ3n) is 8.25. The van der Waals surface area contributed by atoms with E-state index in [1.54, 1.807) is 0 Å². The lowest BCUT2D eigenvalue weighted by atomic mass is 9.82. The lowest BCUT2D eigenvalue weighted by Crippen LogP contribution is -2.40. The summed E-state index contributed by atoms with van der Waals surface area (Å²) in [6, 6.07) is 10.6. The molecule has 6 rings (SSSR count). The summed E-state index contributed by atoms with van der Waals surface area (Å²) in [6.45, 7) is 8.12. The van der Waals surface area contributed by atoms with Crippen molar-refractivity contribution in [3.63, 3.8) is 0 Å². The molecule has 3 aromatic rings. The number of nitrogens with one attached hydrogen (secondary N) is 1. The van der Waals surface area contributed by atoms with Gasteiger partial charge in [-0.1, -0.05) is 0 Å². The molecule has 3 aliphatic heterocycles. The Balaban J connectivity index is 1.20. The molecule has 0 saturated carbocycles. The first-order chi connectivity index (χ1) is 17.5. The van der Waals surface area contributed by atoms with Gasteiger partial charge in [-0.3, -0.25) is 9.67 Å². The summed E-state index contributed by atoms with van der Waals surface area (Å²) in [5.41, 5.74) is 4.18. The molecule has 0 bridgehead atoms. The Labute approximate surface area is 212 Å². The number of amides is 2. The second-order valence-electron chi connectivity index (χ2n) is 10.8. The molecule has 1 aromatic carbocycles. The summed E-state index contributed by atoms with van der Waals surface area (Å²) >= 11 is 0. The van der Waals surface area contributed by atoms with Crippen molar-refractivity contribution in [3.05, 3.63) is 42.2 Å². The lowest BCUT2D eigenvalue weighted by molar-refractivity contribution is 0.150. The highest BCUT2D eigenvalue weighted by Gasteiger charge is 2.46. The monoisotopic (exact) mass is 488 g/mol. The van der Waals surface area contributed by atoms with Gasteiger partial charge in [0.15, 0.2) is 0 Å². The SMILES string of the molecule is CCNC(=O)N1CCC2(CCn3nc(-c4cnc5ccc(OCC6CCCN(C)C6)cc5c4)cc32)C1. The van der Waals surface area contributed by atoms with E-state index in [9.17, 15) is 4.79 Å². The van der Waals surface area contributed by atoms with Crippen molar-refractivity contribution < 1.29 is 9.53 Å². The molecular weight excluding hydrogens is 452 g/mol. The standard InChI is InChI=1S/C28H36N6O2/c1-3-29-27(35)33-11-8-28(19-33)9-12-34-26(28)15-25(31-34)22-13-21-14-23(6-7-24(21)30-16-22)36-18-20-5-4-10-32(2)17-20/h6-7,13-16,20H,3-5,8-12,17-19H2,1-2H3,(H,29,35). The number of rotatable bonds is 5. The van der Waals surface area contributed by atoms with Crippen LogP contribution in [0.5, 0.6) is 5.75 Å². The molecule has 3 aliphatic rings. The average Bonchev–Trinajstić information content (AvgIpc) is 3.59. The molecule has 8 heteroatoms. The van der Waals surface area contributed by atoms with Gasteiger partial charge in [0, 0.05) is 66.9 Å². The summed E-state index contributed by atoms with van der Waals surface area (Å²) in [6.07, 6.45) is 6.43. The van der Waals surface area contributed by atoms with Crippen molar-refractivity contribution in [3.8, 4) is 17.0 Å². The van der Waals surface area contributed by atoms with Crippen LogP contribution in [0.2, 0.25) is 0 Å². The first-order valence-corrected chi connectivity index (χ1v) is 13.4. The van der Waals surface area contributed by atoms with E-state index in [4.69, 9.17) is 14.8 Å². The molecule has 0 radical (unpaired) electrons. The number of ether oxygens (including phenoxy) is 1. The number of piperidine rings is 1. The van der Waals surface area contributed by atoms with Gasteiger partial charge >= 0.3 is 6.03 Å². The van der Waals surface area contributed by atoms with Crippen LogP contribution in [-0.2, 0) is 12.0 Å². The number of fused-ring (bicyclic) bond motifs is 3. The summed E-state index contributed by atoms with van der Waals surface area (Å²) in [5.74, 6) is 1.49. The highest BCUT2D eigenvalue weighted by Crippen LogP contribution is 2.43. The van der Waals surface area contributed by atoms with Gasteiger partial charge in [0.2, 0.25) is 0 Å². The number of aryl methyl sites for hydroxylation is 1. The van der Waals surface area contributed by atoms with Gasteiger partial charge in [-0.15, -0.1) is 0 Å². The number of carbonyl (C=O) groups excluding carboxylic acids is 1. The fourth-order valence-electron chi connectivity index (χ4n) is 6.29. The fraction of sp³-hybridized carbons (Fsp3) is 0.536. The van der Waals surface area contributed by atoms with Crippen molar-refractivity contribution in [1.82, 2.24) is 29.9 Å². The van der Waals surface area contributed by atoms with E-state index in [1.807, 2.05) is 30.2 Å². The normalized spacial score (nSPS) is 23.9. The first-order valence-electron chi connectivity index (χ1n) is 13.4. The molecule has 8 nitrogen and oxygen atoms in total. The third-order valence-corrected chi connectivity index (χ3v) is 8.25. The molecule has 2 fully saturated rings. The number of urea groups is 1. The molecule has 1 spiro atoms. The molecule has 36 heavy (non-hydrogen) atoms. The van der Waals surface area contributed by atoms with Crippen molar-refractivity contribution in [2.24, 2.45) is 5.92 Å². The van der Waals surface area contributed by atoms with E-state index in [2.05, 4.69) is 40.1 Å². The summed E-state index contributed by atoms with van der Waals surface area (Å²) in [7, 11) is 2.19. The molecule has 2 unspecified atom stereocenters. The molecular formula is C28H36N6O2. The number of pyridine rings is 1. The van der Waals surface area contributed by atoms with Crippen LogP contribution in [0.1, 0.15) is 38.3 Å². The van der Waals surface area contributed by atoms with Crippen LogP contribution in [0.25, 0.3) is 22.2 Å². The number of aromatic nitrogens is 3. The van der Waals surface area contributed by atoms with Crippen molar-refractivity contribution in [2.75, 3.05) is 46.4 Å². The number of hydrogen-bond donors (Lipinski definition) is 1. The van der Waals surface area contributed by atoms with E-state index in [0.717, 1.165) is 73.5 Å². The minimum Gasteiger partial charge on any atom is -0.493 e. The molecule has 5 heterocycles. The van der Waals surface area contributed by atoms with Gasteiger partial charge in [-0.25, -0.2) is 4.79 Å². The van der Waals surface area contributed by atoms with E-state index in [-0.39, 0.29) is 11.4 Å². The van der Waals surface area contributed by atoms with Crippen molar-refractivity contribution in [1.29, 1.82) is 0 Å². The largest absolute Gasteiger partial charge is 0.493 e. The quantitative estimate of drug-likeness (QED) is 0.590. The second-order valence-corrected chi connectivity index (χ2v) is 10.8. The summed E-state index contributed by atoms with van der Waals surface area (Å²) < 4.78 is 8.34. The van der Waals surface area contributed by atoms with Crippen LogP contribution < -0.4 is 10.1 Å². The van der Waals surface area contributed by atoms with Crippen LogP contribution in [0, 0.1) is 5.92 Å². The molecule has 190 valence electrons. The van der Waals surface area contributed by atoms with Crippen LogP contribution >= 0.6 is 0 Å². The maximum atomic E-state index is 12.4. The topological polar surface area (TPSA) is 75.5 Å². The van der Waals surface area contributed by atoms with Crippen LogP contribution in [-0.4, -0.2) is 77.0 Å². The smallest absolute Gasteiger partial charge is 0.317 e. The predicted octanol–water partition coefficient (Wildman–Crippen LogP) is 3.90. The predicted molar refractivity (Wildman–Crippen MR) is 140 cm³/mol. The third kappa shape index (κ3) is 4.32. The maximum Gasteiger partial charge on any atom is 0.317 e. The van der Waals surface area contributed by atoms with Crippen molar-refractivity contribution in [2.45, 2.75) is 44.6 Å². The van der Waals surface area contributed by atoms with Gasteiger partial charge in [-0.2, -0.15) is 5.10 Å². The number of carbonyl (C=O) groups is 1. The highest BCUT2D eigenvalue weighted by atomic mass is 16.5. The second kappa shape index (κ2) is 9.39. The zero-order valence-electron chi connectivity index (χ0n) is 21.4. The number of benzene rings is 1. The maximum absolute atomic E-state index is 12.4. The van der Waals surface area contributed by atoms with Gasteiger partial charge in [0.25, 0.3) is 0 Å². The Hall–Kier alpha value is -3.13. The molecule has 2 amide bonds. The minimum atomic E-state index is 0.00874. The Morgan fingerprint density at radius 3 is 2.94 bits per heavy atom. The van der Waals surface area contributed by atoms with Gasteiger partial charge < -0.3 is 19.9 Å². The molecule has 2 atom stereocenters. The summed E-state index contributed by atoms with van der Waals surface area (Å²) in [4.78, 5) is 21.5. The minimum absolute atomic E-state index is 0.00874. The Bertz CT molecular complexity index is 1270. The van der Waals surface area contributed by atoms with E-state index < -0.39 is 0 Å². The van der Waals surface area contributed by atoms with Crippen LogP contribution in [0.3, 0.4) is 0 Å². The van der Waals surface area contributed by atoms with E-state index in [0.29, 0.717) is 12.5 Å². The van der Waals surface area contributed by atoms with E-state index >= 15 is 0 Å². The Morgan fingerprint density at radius 1 is 1.19 bits per heavy atom. The summed E-state index contributed by atoms with van der Waals surface area (Å²) in [5, 5.41) is 8.95. The Morgan fingerprint density at radius 2 is 2.08 bits per heavy atom. The zero-order valence-corrected chi connectivity index (χ0v) is 21.4. The fourth-order valence-corrected chi connectivity index (χ4v) is 6.29. The number of hydrogen-bond acceptors (Lipinski definition) is 5. The molecule has 2 aromatic heterocycles. The molecule has 2 saturated heterocycles. The van der Waals surface area contributed by atoms with Crippen LogP contribution in [0.4, 0.5) is 4.79 Å². The lowest BCUT2D eigenvalue weighted by Gasteiger charge is -2.29. The zero-order chi connectivity index (χ0) is 24.7. The van der Waals surface area contributed by atoms with Crippen molar-refractivity contribution >= 4 is 16.9 Å². The van der Waals surface area contributed by atoms with E-state index in [1.165, 1.54) is 25.1 Å². The van der Waals surface area contributed by atoms with Gasteiger partial charge in [0.05, 0.1) is 17.8 Å². The molecule has 0 aliphatic carbocycles. The Kier molecular flexibility index (Phi) is 6.07. The number of likely N-dealkylation sites (tertiary alicyclic amines) is 2. The average molecular weight is 489 g/mol. The number of nitrogens with zero attached hydrogens (tertiary/aromatic N) is 5. The highest BCUT2D eigenvalue weighted by molar-refractivity contribution is 5.84. The van der Waals surface area contributed by atoms with Crippen LogP contribution in [0.15, 0.2) is 36.5 Å². The van der Waals surface area contributed by atoms with Gasteiger partial charge in [-0.05, 0) is 76.5 Å². The van der Waals surface area contributed by atoms with Gasteiger partial charge in [0.1, 0.15) is 5.75 Å². The molecule has 1 N–H and O–H groups in total. The first kappa shape index (κ1) is 23.3.